The number of imidazole rings is 1. The molecule has 0 spiro atoms. The number of hydrogen-bond acceptors (Lipinski definition) is 2. The quantitative estimate of drug-likeness (QED) is 0.553. The van der Waals surface area contributed by atoms with E-state index < -0.39 is 0 Å². The van der Waals surface area contributed by atoms with Crippen LogP contribution in [0.2, 0.25) is 0 Å². The predicted octanol–water partition coefficient (Wildman–Crippen LogP) is 0.157. The lowest BCUT2D eigenvalue weighted by Crippen LogP contribution is -2.31. The molecule has 0 amide bonds. The highest BCUT2D eigenvalue weighted by atomic mass is 15.1. The third kappa shape index (κ3) is 0.827. The molecular formula is C7H11N3. The second kappa shape index (κ2) is 2.09. The lowest BCUT2D eigenvalue weighted by molar-refractivity contribution is 0.453. The summed E-state index contributed by atoms with van der Waals surface area (Å²) in [5.74, 6) is 1.18. The molecule has 10 heavy (non-hydrogen) atoms. The van der Waals surface area contributed by atoms with Gasteiger partial charge in [0, 0.05) is 31.4 Å². The lowest BCUT2D eigenvalue weighted by atomic mass is 10.1. The van der Waals surface area contributed by atoms with Crippen LogP contribution in [0.25, 0.3) is 0 Å². The van der Waals surface area contributed by atoms with E-state index in [1.165, 1.54) is 5.82 Å². The van der Waals surface area contributed by atoms with Crippen LogP contribution in [-0.4, -0.2) is 15.6 Å². The first-order chi connectivity index (χ1) is 4.86. The summed E-state index contributed by atoms with van der Waals surface area (Å²) >= 11 is 0. The fourth-order valence-corrected chi connectivity index (χ4v) is 1.39. The smallest absolute Gasteiger partial charge is 0.108 e. The monoisotopic (exact) mass is 137 g/mol. The molecule has 2 rings (SSSR count). The maximum Gasteiger partial charge on any atom is 0.108 e. The van der Waals surface area contributed by atoms with E-state index in [-0.39, 0.29) is 0 Å². The van der Waals surface area contributed by atoms with Crippen LogP contribution in [0, 0.1) is 0 Å². The summed E-state index contributed by atoms with van der Waals surface area (Å²) in [4.78, 5) is 4.20. The summed E-state index contributed by atoms with van der Waals surface area (Å²) in [6, 6.07) is 0.335. The molecule has 0 bridgehead atoms. The lowest BCUT2D eigenvalue weighted by Gasteiger charge is -2.19. The van der Waals surface area contributed by atoms with E-state index in [1.54, 1.807) is 0 Å². The van der Waals surface area contributed by atoms with Crippen LogP contribution < -0.4 is 5.73 Å². The molecule has 0 aromatic carbocycles. The number of hydrogen-bond donors (Lipinski definition) is 1. The molecular weight excluding hydrogens is 126 g/mol. The molecule has 1 aliphatic rings. The summed E-state index contributed by atoms with van der Waals surface area (Å²) in [6.07, 6.45) is 5.95. The number of fused-ring (bicyclic) bond motifs is 1. The van der Waals surface area contributed by atoms with Gasteiger partial charge in [-0.15, -0.1) is 0 Å². The SMILES string of the molecule is NC1CCc2nccn2C1. The fourth-order valence-electron chi connectivity index (χ4n) is 1.39. The molecule has 2 heterocycles. The highest BCUT2D eigenvalue weighted by Crippen LogP contribution is 2.10. The Balaban J connectivity index is 2.30. The standard InChI is InChI=1S/C7H11N3/c8-6-1-2-7-9-3-4-10(7)5-6/h3-4,6H,1-2,5,8H2. The second-order valence-corrected chi connectivity index (χ2v) is 2.79. The Bertz CT molecular complexity index is 229. The van der Waals surface area contributed by atoms with Gasteiger partial charge < -0.3 is 10.3 Å². The number of aromatic nitrogens is 2. The first kappa shape index (κ1) is 5.92. The van der Waals surface area contributed by atoms with Gasteiger partial charge in [-0.3, -0.25) is 0 Å². The van der Waals surface area contributed by atoms with Crippen LogP contribution in [0.4, 0.5) is 0 Å². The van der Waals surface area contributed by atoms with Crippen molar-refractivity contribution in [1.29, 1.82) is 0 Å². The number of aryl methyl sites for hydroxylation is 1. The Morgan fingerprint density at radius 1 is 1.70 bits per heavy atom. The molecule has 1 atom stereocenters. The van der Waals surface area contributed by atoms with Crippen molar-refractivity contribution in [3.63, 3.8) is 0 Å². The van der Waals surface area contributed by atoms with Gasteiger partial charge in [-0.05, 0) is 6.42 Å². The van der Waals surface area contributed by atoms with Crippen molar-refractivity contribution >= 4 is 0 Å². The van der Waals surface area contributed by atoms with Gasteiger partial charge in [0.05, 0.1) is 0 Å². The zero-order valence-electron chi connectivity index (χ0n) is 5.83. The Morgan fingerprint density at radius 3 is 3.50 bits per heavy atom. The maximum atomic E-state index is 5.76. The molecule has 0 saturated heterocycles. The summed E-state index contributed by atoms with van der Waals surface area (Å²) in [5.41, 5.74) is 5.76. The maximum absolute atomic E-state index is 5.76. The molecule has 1 aliphatic heterocycles. The third-order valence-corrected chi connectivity index (χ3v) is 1.97. The van der Waals surface area contributed by atoms with E-state index in [0.29, 0.717) is 6.04 Å². The summed E-state index contributed by atoms with van der Waals surface area (Å²) in [6.45, 7) is 0.940. The van der Waals surface area contributed by atoms with Crippen molar-refractivity contribution in [2.45, 2.75) is 25.4 Å². The minimum Gasteiger partial charge on any atom is -0.333 e. The topological polar surface area (TPSA) is 43.8 Å². The first-order valence-electron chi connectivity index (χ1n) is 3.62. The van der Waals surface area contributed by atoms with Crippen molar-refractivity contribution in [1.82, 2.24) is 9.55 Å². The van der Waals surface area contributed by atoms with Crippen molar-refractivity contribution < 1.29 is 0 Å². The van der Waals surface area contributed by atoms with Crippen LogP contribution in [0.5, 0.6) is 0 Å². The number of nitrogens with two attached hydrogens (primary N) is 1. The Morgan fingerprint density at radius 2 is 2.60 bits per heavy atom. The molecule has 2 N–H and O–H groups in total. The van der Waals surface area contributed by atoms with Crippen molar-refractivity contribution in [2.75, 3.05) is 0 Å². The molecule has 1 aromatic heterocycles. The van der Waals surface area contributed by atoms with Gasteiger partial charge in [-0.2, -0.15) is 0 Å². The van der Waals surface area contributed by atoms with Crippen LogP contribution in [0.1, 0.15) is 12.2 Å². The molecule has 0 saturated carbocycles. The van der Waals surface area contributed by atoms with Crippen molar-refractivity contribution in [3.8, 4) is 0 Å². The largest absolute Gasteiger partial charge is 0.333 e. The van der Waals surface area contributed by atoms with Crippen LogP contribution in [0.3, 0.4) is 0 Å². The van der Waals surface area contributed by atoms with Gasteiger partial charge in [0.25, 0.3) is 0 Å². The Hall–Kier alpha value is -0.830. The van der Waals surface area contributed by atoms with Gasteiger partial charge >= 0.3 is 0 Å². The molecule has 54 valence electrons. The molecule has 1 aromatic rings. The minimum absolute atomic E-state index is 0.335. The van der Waals surface area contributed by atoms with E-state index >= 15 is 0 Å². The molecule has 0 radical (unpaired) electrons. The molecule has 1 unspecified atom stereocenters. The molecule has 3 heteroatoms. The highest BCUT2D eigenvalue weighted by Gasteiger charge is 2.13. The van der Waals surface area contributed by atoms with Crippen LogP contribution in [-0.2, 0) is 13.0 Å². The average molecular weight is 137 g/mol. The third-order valence-electron chi connectivity index (χ3n) is 1.97. The van der Waals surface area contributed by atoms with Gasteiger partial charge in [-0.25, -0.2) is 4.98 Å². The van der Waals surface area contributed by atoms with Gasteiger partial charge in [0.1, 0.15) is 5.82 Å². The zero-order valence-corrected chi connectivity index (χ0v) is 5.83. The number of nitrogens with zero attached hydrogens (tertiary/aromatic N) is 2. The van der Waals surface area contributed by atoms with Crippen LogP contribution in [0.15, 0.2) is 12.4 Å². The van der Waals surface area contributed by atoms with Gasteiger partial charge in [0.2, 0.25) is 0 Å². The molecule has 3 nitrogen and oxygen atoms in total. The van der Waals surface area contributed by atoms with Gasteiger partial charge in [-0.1, -0.05) is 0 Å². The fraction of sp³-hybridized carbons (Fsp3) is 0.571. The van der Waals surface area contributed by atoms with E-state index in [0.717, 1.165) is 19.4 Å². The van der Waals surface area contributed by atoms with E-state index in [9.17, 15) is 0 Å². The summed E-state index contributed by atoms with van der Waals surface area (Å²) in [7, 11) is 0. The van der Waals surface area contributed by atoms with Crippen molar-refractivity contribution in [3.05, 3.63) is 18.2 Å². The van der Waals surface area contributed by atoms with E-state index in [4.69, 9.17) is 5.73 Å². The van der Waals surface area contributed by atoms with Crippen LogP contribution >= 0.6 is 0 Å². The van der Waals surface area contributed by atoms with Crippen molar-refractivity contribution in [2.24, 2.45) is 5.73 Å². The Labute approximate surface area is 59.9 Å². The van der Waals surface area contributed by atoms with E-state index in [1.807, 2.05) is 12.4 Å². The summed E-state index contributed by atoms with van der Waals surface area (Å²) < 4.78 is 2.13. The minimum atomic E-state index is 0.335. The average Bonchev–Trinajstić information content (AvgIpc) is 2.33. The first-order valence-corrected chi connectivity index (χ1v) is 3.62. The predicted molar refractivity (Wildman–Crippen MR) is 38.5 cm³/mol. The highest BCUT2D eigenvalue weighted by molar-refractivity contribution is 4.97. The molecule has 0 fully saturated rings. The molecule has 0 aliphatic carbocycles. The van der Waals surface area contributed by atoms with E-state index in [2.05, 4.69) is 9.55 Å². The Kier molecular flexibility index (Phi) is 1.24. The number of rotatable bonds is 0. The zero-order chi connectivity index (χ0) is 6.97. The second-order valence-electron chi connectivity index (χ2n) is 2.79. The normalized spacial score (nSPS) is 24.3. The summed E-state index contributed by atoms with van der Waals surface area (Å²) in [5, 5.41) is 0. The van der Waals surface area contributed by atoms with Gasteiger partial charge in [0.15, 0.2) is 0 Å².